The minimum atomic E-state index is -0.926. The summed E-state index contributed by atoms with van der Waals surface area (Å²) < 4.78 is 56.1. The summed E-state index contributed by atoms with van der Waals surface area (Å²) in [7, 11) is 3.20. The topological polar surface area (TPSA) is 103 Å². The van der Waals surface area contributed by atoms with Crippen LogP contribution in [0.1, 0.15) is 22.3 Å². The van der Waals surface area contributed by atoms with E-state index in [0.717, 1.165) is 28.0 Å². The lowest BCUT2D eigenvalue weighted by atomic mass is 10.1. The molecular formula is C40H46O10. The van der Waals surface area contributed by atoms with Gasteiger partial charge in [-0.25, -0.2) is 0 Å². The Balaban J connectivity index is 1.20. The van der Waals surface area contributed by atoms with Crippen molar-refractivity contribution in [2.45, 2.75) is 75.6 Å². The maximum absolute atomic E-state index is 10.4. The fraction of sp³-hybridized carbons (Fsp3) is 0.400. The molecule has 2 fully saturated rings. The fourth-order valence-electron chi connectivity index (χ4n) is 6.16. The predicted molar refractivity (Wildman–Crippen MR) is 184 cm³/mol. The molecule has 50 heavy (non-hydrogen) atoms. The van der Waals surface area contributed by atoms with Gasteiger partial charge in [-0.2, -0.15) is 0 Å². The molecule has 10 heteroatoms. The van der Waals surface area contributed by atoms with E-state index in [1.165, 1.54) is 0 Å². The molecule has 6 rings (SSSR count). The van der Waals surface area contributed by atoms with Crippen molar-refractivity contribution in [2.24, 2.45) is 0 Å². The second-order valence-electron chi connectivity index (χ2n) is 12.3. The first kappa shape index (κ1) is 36.1. The third-order valence-electron chi connectivity index (χ3n) is 8.80. The summed E-state index contributed by atoms with van der Waals surface area (Å²) in [5, 5.41) is 10.4. The minimum absolute atomic E-state index is 0.229. The highest BCUT2D eigenvalue weighted by atomic mass is 16.8. The standard InChI is InChI=1S/C40H46O10/c1-42-32-20-18-31(19-21-32)23-44-27-34-36(46-25-29-14-8-4-9-15-29)38(39(43-2)49-34)50-40-37(47-26-30-16-10-5-11-17-30)35(33(22-41)48-40)45-24-28-12-6-3-7-13-28/h3-21,33-41H,22-27H2,1-2H3/t33-,34-,35-,36-,37+,38+,39+,40+/m1/s1. The first-order chi connectivity index (χ1) is 24.6. The molecule has 4 aromatic rings. The number of ether oxygens (including phenoxy) is 9. The van der Waals surface area contributed by atoms with Gasteiger partial charge in [-0.3, -0.25) is 0 Å². The highest BCUT2D eigenvalue weighted by Gasteiger charge is 2.53. The molecule has 0 saturated carbocycles. The highest BCUT2D eigenvalue weighted by Crippen LogP contribution is 2.35. The van der Waals surface area contributed by atoms with E-state index in [1.807, 2.05) is 115 Å². The SMILES string of the molecule is COc1ccc(COC[C@H]2O[C@H](OC)[C@@H](O[C@@H]3O[C@H](CO)[C@@H](OCc4ccccc4)[C@@H]3OCc3ccccc3)[C@@H]2OCc2ccccc2)cc1. The third-order valence-corrected chi connectivity index (χ3v) is 8.80. The molecule has 8 atom stereocenters. The minimum Gasteiger partial charge on any atom is -0.497 e. The van der Waals surface area contributed by atoms with Crippen molar-refractivity contribution in [2.75, 3.05) is 27.4 Å². The number of methoxy groups -OCH3 is 2. The maximum Gasteiger partial charge on any atom is 0.187 e. The van der Waals surface area contributed by atoms with Crippen molar-refractivity contribution in [1.29, 1.82) is 0 Å². The van der Waals surface area contributed by atoms with Crippen LogP contribution in [0.4, 0.5) is 0 Å². The Morgan fingerprint density at radius 3 is 1.50 bits per heavy atom. The van der Waals surface area contributed by atoms with Crippen molar-refractivity contribution in [1.82, 2.24) is 0 Å². The van der Waals surface area contributed by atoms with Gasteiger partial charge < -0.3 is 47.7 Å². The lowest BCUT2D eigenvalue weighted by molar-refractivity contribution is -0.250. The van der Waals surface area contributed by atoms with Gasteiger partial charge in [0.05, 0.1) is 46.8 Å². The lowest BCUT2D eigenvalue weighted by Gasteiger charge is -2.30. The van der Waals surface area contributed by atoms with E-state index in [2.05, 4.69) is 0 Å². The van der Waals surface area contributed by atoms with Crippen molar-refractivity contribution < 1.29 is 47.7 Å². The number of benzene rings is 4. The first-order valence-corrected chi connectivity index (χ1v) is 16.9. The molecule has 0 amide bonds. The van der Waals surface area contributed by atoms with Gasteiger partial charge in [-0.05, 0) is 34.4 Å². The van der Waals surface area contributed by atoms with E-state index in [0.29, 0.717) is 26.4 Å². The van der Waals surface area contributed by atoms with Crippen LogP contribution in [-0.2, 0) is 64.3 Å². The maximum atomic E-state index is 10.4. The van der Waals surface area contributed by atoms with E-state index in [4.69, 9.17) is 42.6 Å². The monoisotopic (exact) mass is 686 g/mol. The molecule has 2 aliphatic rings. The lowest BCUT2D eigenvalue weighted by Crippen LogP contribution is -2.45. The van der Waals surface area contributed by atoms with Gasteiger partial charge in [0.15, 0.2) is 12.6 Å². The Kier molecular flexibility index (Phi) is 13.4. The Labute approximate surface area is 293 Å². The summed E-state index contributed by atoms with van der Waals surface area (Å²) in [5.74, 6) is 0.779. The van der Waals surface area contributed by atoms with E-state index in [9.17, 15) is 5.11 Å². The molecule has 4 aromatic carbocycles. The van der Waals surface area contributed by atoms with Crippen molar-refractivity contribution in [3.8, 4) is 5.75 Å². The number of aliphatic hydroxyl groups excluding tert-OH is 1. The quantitative estimate of drug-likeness (QED) is 0.146. The summed E-state index contributed by atoms with van der Waals surface area (Å²) in [6, 6.07) is 37.3. The predicted octanol–water partition coefficient (Wildman–Crippen LogP) is 5.44. The molecule has 10 nitrogen and oxygen atoms in total. The zero-order chi connectivity index (χ0) is 34.5. The largest absolute Gasteiger partial charge is 0.497 e. The molecule has 266 valence electrons. The number of aliphatic hydroxyl groups is 1. The average molecular weight is 687 g/mol. The van der Waals surface area contributed by atoms with Crippen LogP contribution >= 0.6 is 0 Å². The van der Waals surface area contributed by atoms with Crippen molar-refractivity contribution in [3.63, 3.8) is 0 Å². The molecule has 0 bridgehead atoms. The summed E-state index contributed by atoms with van der Waals surface area (Å²) in [6.45, 7) is 1.25. The number of hydrogen-bond acceptors (Lipinski definition) is 10. The average Bonchev–Trinajstić information content (AvgIpc) is 3.69. The molecular weight excluding hydrogens is 640 g/mol. The van der Waals surface area contributed by atoms with Crippen molar-refractivity contribution in [3.05, 3.63) is 138 Å². The van der Waals surface area contributed by atoms with Crippen molar-refractivity contribution >= 4 is 0 Å². The van der Waals surface area contributed by atoms with Gasteiger partial charge in [0, 0.05) is 7.11 Å². The summed E-state index contributed by atoms with van der Waals surface area (Å²) in [6.07, 6.45) is -5.55. The molecule has 0 aromatic heterocycles. The smallest absolute Gasteiger partial charge is 0.187 e. The van der Waals surface area contributed by atoms with Gasteiger partial charge in [0.1, 0.15) is 42.4 Å². The molecule has 1 N–H and O–H groups in total. The Bertz CT molecular complexity index is 1520. The number of rotatable bonds is 18. The molecule has 0 radical (unpaired) electrons. The molecule has 2 aliphatic heterocycles. The molecule has 0 spiro atoms. The van der Waals surface area contributed by atoms with Gasteiger partial charge in [0.25, 0.3) is 0 Å². The van der Waals surface area contributed by atoms with Crippen LogP contribution in [0.2, 0.25) is 0 Å². The zero-order valence-electron chi connectivity index (χ0n) is 28.5. The Morgan fingerprint density at radius 2 is 1.00 bits per heavy atom. The Hall–Kier alpha value is -3.68. The van der Waals surface area contributed by atoms with Crippen LogP contribution in [0, 0.1) is 0 Å². The van der Waals surface area contributed by atoms with E-state index >= 15 is 0 Å². The summed E-state index contributed by atoms with van der Waals surface area (Å²) in [4.78, 5) is 0. The van der Waals surface area contributed by atoms with E-state index in [1.54, 1.807) is 14.2 Å². The van der Waals surface area contributed by atoms with Crippen LogP contribution in [0.3, 0.4) is 0 Å². The third kappa shape index (κ3) is 9.55. The summed E-state index contributed by atoms with van der Waals surface area (Å²) >= 11 is 0. The zero-order valence-corrected chi connectivity index (χ0v) is 28.5. The van der Waals surface area contributed by atoms with E-state index < -0.39 is 49.2 Å². The highest BCUT2D eigenvalue weighted by molar-refractivity contribution is 5.26. The normalized spacial score (nSPS) is 26.3. The van der Waals surface area contributed by atoms with Crippen LogP contribution in [0.15, 0.2) is 115 Å². The second kappa shape index (κ2) is 18.5. The Morgan fingerprint density at radius 1 is 0.520 bits per heavy atom. The van der Waals surface area contributed by atoms with Gasteiger partial charge in [-0.15, -0.1) is 0 Å². The molecule has 0 unspecified atom stereocenters. The van der Waals surface area contributed by atoms with Crippen LogP contribution in [0.5, 0.6) is 5.75 Å². The van der Waals surface area contributed by atoms with Crippen LogP contribution in [-0.4, -0.2) is 81.7 Å². The summed E-state index contributed by atoms with van der Waals surface area (Å²) in [5.41, 5.74) is 3.97. The van der Waals surface area contributed by atoms with Gasteiger partial charge in [-0.1, -0.05) is 103 Å². The first-order valence-electron chi connectivity index (χ1n) is 16.9. The van der Waals surface area contributed by atoms with Crippen LogP contribution < -0.4 is 4.74 Å². The van der Waals surface area contributed by atoms with Gasteiger partial charge in [0.2, 0.25) is 0 Å². The fourth-order valence-corrected chi connectivity index (χ4v) is 6.16. The van der Waals surface area contributed by atoms with Gasteiger partial charge >= 0.3 is 0 Å². The van der Waals surface area contributed by atoms with E-state index in [-0.39, 0.29) is 13.2 Å². The molecule has 2 heterocycles. The molecule has 0 aliphatic carbocycles. The number of hydrogen-bond donors (Lipinski definition) is 1. The van der Waals surface area contributed by atoms with Crippen LogP contribution in [0.25, 0.3) is 0 Å². The molecule has 2 saturated heterocycles. The second-order valence-corrected chi connectivity index (χ2v) is 12.3.